The molecule has 5 nitrogen and oxygen atoms in total. The summed E-state index contributed by atoms with van der Waals surface area (Å²) >= 11 is 0. The Bertz CT molecular complexity index is 772. The Hall–Kier alpha value is -1.89. The van der Waals surface area contributed by atoms with Gasteiger partial charge >= 0.3 is 0 Å². The fraction of sp³-hybridized carbons (Fsp3) is 0.250. The molecule has 0 radical (unpaired) electrons. The van der Waals surface area contributed by atoms with Crippen molar-refractivity contribution in [1.82, 2.24) is 4.72 Å². The summed E-state index contributed by atoms with van der Waals surface area (Å²) in [6.45, 7) is 0. The molecule has 2 atom stereocenters. The molecular weight excluding hydrogens is 300 g/mol. The van der Waals surface area contributed by atoms with Crippen molar-refractivity contribution in [2.75, 3.05) is 7.11 Å². The maximum Gasteiger partial charge on any atom is 0.240 e. The third-order valence-corrected chi connectivity index (χ3v) is 5.47. The minimum absolute atomic E-state index is 0.205. The molecule has 3 N–H and O–H groups in total. The molecule has 1 aliphatic carbocycles. The quantitative estimate of drug-likeness (QED) is 0.897. The summed E-state index contributed by atoms with van der Waals surface area (Å²) in [5, 5.41) is 0. The third kappa shape index (κ3) is 2.72. The highest BCUT2D eigenvalue weighted by molar-refractivity contribution is 7.89. The summed E-state index contributed by atoms with van der Waals surface area (Å²) in [5.41, 5.74) is 8.27. The van der Waals surface area contributed by atoms with E-state index in [0.717, 1.165) is 11.1 Å². The molecule has 0 unspecified atom stereocenters. The first-order chi connectivity index (χ1) is 10.5. The molecular formula is C16H18N2O3S. The lowest BCUT2D eigenvalue weighted by Gasteiger charge is -2.18. The molecule has 1 aliphatic rings. The molecule has 0 saturated carbocycles. The number of hydrogen-bond donors (Lipinski definition) is 2. The van der Waals surface area contributed by atoms with E-state index < -0.39 is 10.0 Å². The molecule has 2 aromatic rings. The average Bonchev–Trinajstić information content (AvgIpc) is 2.83. The predicted octanol–water partition coefficient (Wildman–Crippen LogP) is 1.60. The van der Waals surface area contributed by atoms with Gasteiger partial charge in [0.2, 0.25) is 10.0 Å². The average molecular weight is 318 g/mol. The Balaban J connectivity index is 1.81. The molecule has 0 fully saturated rings. The van der Waals surface area contributed by atoms with Crippen LogP contribution in [0, 0.1) is 0 Å². The monoisotopic (exact) mass is 318 g/mol. The molecule has 0 amide bonds. The number of hydrogen-bond acceptors (Lipinski definition) is 4. The molecule has 0 spiro atoms. The van der Waals surface area contributed by atoms with Gasteiger partial charge in [-0.2, -0.15) is 0 Å². The fourth-order valence-corrected chi connectivity index (χ4v) is 4.02. The number of benzene rings is 2. The van der Waals surface area contributed by atoms with E-state index >= 15 is 0 Å². The maximum absolute atomic E-state index is 12.5. The van der Waals surface area contributed by atoms with Crippen LogP contribution < -0.4 is 15.2 Å². The van der Waals surface area contributed by atoms with Crippen LogP contribution in [0.2, 0.25) is 0 Å². The van der Waals surface area contributed by atoms with Crippen LogP contribution in [0.3, 0.4) is 0 Å². The maximum atomic E-state index is 12.5. The highest BCUT2D eigenvalue weighted by Crippen LogP contribution is 2.30. The second-order valence-electron chi connectivity index (χ2n) is 5.33. The van der Waals surface area contributed by atoms with E-state index in [4.69, 9.17) is 10.5 Å². The third-order valence-electron chi connectivity index (χ3n) is 3.96. The number of nitrogens with two attached hydrogens (primary N) is 1. The molecule has 0 saturated heterocycles. The molecule has 0 aromatic heterocycles. The van der Waals surface area contributed by atoms with Crippen LogP contribution in [0.25, 0.3) is 0 Å². The Morgan fingerprint density at radius 3 is 2.45 bits per heavy atom. The Kier molecular flexibility index (Phi) is 3.90. The summed E-state index contributed by atoms with van der Waals surface area (Å²) < 4.78 is 32.7. The number of fused-ring (bicyclic) bond motifs is 1. The van der Waals surface area contributed by atoms with Crippen molar-refractivity contribution in [3.05, 3.63) is 59.7 Å². The molecule has 0 aliphatic heterocycles. The van der Waals surface area contributed by atoms with E-state index in [-0.39, 0.29) is 17.0 Å². The summed E-state index contributed by atoms with van der Waals surface area (Å²) in [5.74, 6) is 0.615. The van der Waals surface area contributed by atoms with Gasteiger partial charge in [-0.15, -0.1) is 0 Å². The highest BCUT2D eigenvalue weighted by Gasteiger charge is 2.32. The van der Waals surface area contributed by atoms with Crippen LogP contribution in [0.1, 0.15) is 17.2 Å². The van der Waals surface area contributed by atoms with Crippen LogP contribution in [0.4, 0.5) is 0 Å². The molecule has 116 valence electrons. The first-order valence-corrected chi connectivity index (χ1v) is 8.49. The number of ether oxygens (including phenoxy) is 1. The first kappa shape index (κ1) is 15.0. The van der Waals surface area contributed by atoms with Gasteiger partial charge in [-0.3, -0.25) is 0 Å². The smallest absolute Gasteiger partial charge is 0.240 e. The number of rotatable bonds is 4. The van der Waals surface area contributed by atoms with Gasteiger partial charge in [0, 0.05) is 12.1 Å². The molecule has 6 heteroatoms. The van der Waals surface area contributed by atoms with Crippen LogP contribution in [-0.4, -0.2) is 21.6 Å². The van der Waals surface area contributed by atoms with Crippen molar-refractivity contribution >= 4 is 10.0 Å². The van der Waals surface area contributed by atoms with Crippen LogP contribution in [0.15, 0.2) is 53.4 Å². The Morgan fingerprint density at radius 1 is 1.14 bits per heavy atom. The van der Waals surface area contributed by atoms with Crippen molar-refractivity contribution in [2.45, 2.75) is 23.4 Å². The second-order valence-corrected chi connectivity index (χ2v) is 7.05. The van der Waals surface area contributed by atoms with Gasteiger partial charge in [-0.05, 0) is 41.8 Å². The zero-order valence-corrected chi connectivity index (χ0v) is 13.0. The van der Waals surface area contributed by atoms with Gasteiger partial charge in [-0.25, -0.2) is 13.1 Å². The first-order valence-electron chi connectivity index (χ1n) is 7.01. The van der Waals surface area contributed by atoms with E-state index in [2.05, 4.69) is 4.72 Å². The largest absolute Gasteiger partial charge is 0.497 e. The molecule has 0 bridgehead atoms. The summed E-state index contributed by atoms with van der Waals surface area (Å²) in [4.78, 5) is 0.205. The molecule has 22 heavy (non-hydrogen) atoms. The van der Waals surface area contributed by atoms with Crippen molar-refractivity contribution in [2.24, 2.45) is 5.73 Å². The van der Waals surface area contributed by atoms with Crippen molar-refractivity contribution in [3.63, 3.8) is 0 Å². The summed E-state index contributed by atoms with van der Waals surface area (Å²) in [6.07, 6.45) is 0.604. The minimum atomic E-state index is -3.60. The van der Waals surface area contributed by atoms with Crippen molar-refractivity contribution in [3.8, 4) is 5.75 Å². The van der Waals surface area contributed by atoms with Crippen LogP contribution in [0.5, 0.6) is 5.75 Å². The van der Waals surface area contributed by atoms with Crippen molar-refractivity contribution in [1.29, 1.82) is 0 Å². The minimum Gasteiger partial charge on any atom is -0.497 e. The number of nitrogens with one attached hydrogen (secondary N) is 1. The van der Waals surface area contributed by atoms with Gasteiger partial charge in [0.05, 0.1) is 12.0 Å². The van der Waals surface area contributed by atoms with Gasteiger partial charge in [0.15, 0.2) is 0 Å². The summed E-state index contributed by atoms with van der Waals surface area (Å²) in [7, 11) is -2.07. The zero-order chi connectivity index (χ0) is 15.7. The molecule has 3 rings (SSSR count). The molecule has 0 heterocycles. The lowest BCUT2D eigenvalue weighted by molar-refractivity contribution is 0.414. The highest BCUT2D eigenvalue weighted by atomic mass is 32.2. The van der Waals surface area contributed by atoms with Crippen molar-refractivity contribution < 1.29 is 13.2 Å². The lowest BCUT2D eigenvalue weighted by Crippen LogP contribution is -2.40. The fourth-order valence-electron chi connectivity index (χ4n) is 2.76. The Morgan fingerprint density at radius 2 is 1.82 bits per heavy atom. The molecule has 2 aromatic carbocycles. The number of methoxy groups -OCH3 is 1. The number of sulfonamides is 1. The standard InChI is InChI=1S/C16H18N2O3S/c1-21-12-6-8-13(9-7-12)22(19,20)18-15-10-11-4-2-3-5-14(11)16(15)17/h2-9,15-16,18H,10,17H2,1H3/t15-,16+/m0/s1. The topological polar surface area (TPSA) is 81.4 Å². The van der Waals surface area contributed by atoms with Gasteiger partial charge in [0.25, 0.3) is 0 Å². The van der Waals surface area contributed by atoms with E-state index in [1.54, 1.807) is 12.1 Å². The van der Waals surface area contributed by atoms with Gasteiger partial charge in [0.1, 0.15) is 5.75 Å². The van der Waals surface area contributed by atoms with Crippen LogP contribution in [-0.2, 0) is 16.4 Å². The zero-order valence-electron chi connectivity index (χ0n) is 12.2. The second kappa shape index (κ2) is 5.72. The SMILES string of the molecule is COc1ccc(S(=O)(=O)N[C@H]2Cc3ccccc3[C@H]2N)cc1. The van der Waals surface area contributed by atoms with E-state index in [1.807, 2.05) is 24.3 Å². The van der Waals surface area contributed by atoms with E-state index in [0.29, 0.717) is 12.2 Å². The predicted molar refractivity (Wildman–Crippen MR) is 84.2 cm³/mol. The van der Waals surface area contributed by atoms with Crippen LogP contribution >= 0.6 is 0 Å². The Labute approximate surface area is 130 Å². The normalized spacial score (nSPS) is 20.6. The van der Waals surface area contributed by atoms with E-state index in [1.165, 1.54) is 19.2 Å². The lowest BCUT2D eigenvalue weighted by atomic mass is 10.1. The van der Waals surface area contributed by atoms with Gasteiger partial charge < -0.3 is 10.5 Å². The summed E-state index contributed by atoms with van der Waals surface area (Å²) in [6, 6.07) is 13.4. The van der Waals surface area contributed by atoms with Gasteiger partial charge in [-0.1, -0.05) is 24.3 Å². The van der Waals surface area contributed by atoms with E-state index in [9.17, 15) is 8.42 Å².